The van der Waals surface area contributed by atoms with Crippen LogP contribution in [0, 0.1) is 5.92 Å². The number of nitrogens with one attached hydrogen (secondary N) is 1. The van der Waals surface area contributed by atoms with Crippen LogP contribution in [0.15, 0.2) is 29.2 Å². The molecule has 0 aromatic heterocycles. The molecule has 0 amide bonds. The summed E-state index contributed by atoms with van der Waals surface area (Å²) in [6, 6.07) is 4.22. The fraction of sp³-hybridized carbons (Fsp3) is 0.417. The number of hydrogen-bond donors (Lipinski definition) is 1. The smallest absolute Gasteiger partial charge is 0.241 e. The first-order valence-electron chi connectivity index (χ1n) is 5.76. The van der Waals surface area contributed by atoms with E-state index in [4.69, 9.17) is 11.6 Å². The zero-order valence-corrected chi connectivity index (χ0v) is 12.2. The number of carboxylic acids is 1. The second kappa shape index (κ2) is 6.36. The maximum Gasteiger partial charge on any atom is 0.241 e. The van der Waals surface area contributed by atoms with Gasteiger partial charge in [0.1, 0.15) is 0 Å². The number of halogens is 1. The summed E-state index contributed by atoms with van der Waals surface area (Å²) in [5.41, 5.74) is 0. The second-order valence-electron chi connectivity index (χ2n) is 4.26. The highest BCUT2D eigenvalue weighted by Gasteiger charge is 2.24. The number of carbonyl (C=O) groups excluding carboxylic acids is 1. The molecule has 0 spiro atoms. The lowest BCUT2D eigenvalue weighted by atomic mass is 10.0. The van der Waals surface area contributed by atoms with Crippen LogP contribution in [0.4, 0.5) is 0 Å². The van der Waals surface area contributed by atoms with Gasteiger partial charge < -0.3 is 9.90 Å². The number of aliphatic carboxylic acids is 1. The van der Waals surface area contributed by atoms with Crippen molar-refractivity contribution in [2.24, 2.45) is 5.92 Å². The molecule has 1 N–H and O–H groups in total. The first kappa shape index (κ1) is 15.9. The minimum absolute atomic E-state index is 0.0357. The van der Waals surface area contributed by atoms with E-state index in [0.717, 1.165) is 0 Å². The summed E-state index contributed by atoms with van der Waals surface area (Å²) >= 11 is 5.67. The topological polar surface area (TPSA) is 86.3 Å². The van der Waals surface area contributed by atoms with Crippen LogP contribution in [-0.4, -0.2) is 20.4 Å². The molecule has 0 aliphatic heterocycles. The van der Waals surface area contributed by atoms with Gasteiger partial charge in [0.25, 0.3) is 0 Å². The molecule has 19 heavy (non-hydrogen) atoms. The van der Waals surface area contributed by atoms with E-state index >= 15 is 0 Å². The molecule has 0 saturated heterocycles. The Labute approximate surface area is 117 Å². The maximum atomic E-state index is 12.0. The molecule has 1 rings (SSSR count). The van der Waals surface area contributed by atoms with Crippen LogP contribution in [0.25, 0.3) is 0 Å². The summed E-state index contributed by atoms with van der Waals surface area (Å²) < 4.78 is 26.2. The maximum absolute atomic E-state index is 12.0. The van der Waals surface area contributed by atoms with E-state index in [2.05, 4.69) is 4.72 Å². The van der Waals surface area contributed by atoms with Gasteiger partial charge in [-0.1, -0.05) is 31.9 Å². The fourth-order valence-electron chi connectivity index (χ4n) is 1.48. The van der Waals surface area contributed by atoms with Gasteiger partial charge in [0, 0.05) is 5.02 Å². The van der Waals surface area contributed by atoms with Crippen molar-refractivity contribution in [3.8, 4) is 0 Å². The molecular weight excluding hydrogens is 290 g/mol. The number of hydrogen-bond acceptors (Lipinski definition) is 4. The number of carbonyl (C=O) groups is 1. The van der Waals surface area contributed by atoms with E-state index in [1.807, 2.05) is 0 Å². The van der Waals surface area contributed by atoms with Crippen LogP contribution in [0.2, 0.25) is 5.02 Å². The third-order valence-electron chi connectivity index (χ3n) is 2.87. The average molecular weight is 305 g/mol. The van der Waals surface area contributed by atoms with Gasteiger partial charge in [-0.05, 0) is 30.2 Å². The molecular formula is C12H15ClNO4S-. The Morgan fingerprint density at radius 1 is 1.37 bits per heavy atom. The lowest BCUT2D eigenvalue weighted by Crippen LogP contribution is -2.51. The van der Waals surface area contributed by atoms with Gasteiger partial charge in [-0.25, -0.2) is 13.1 Å². The highest BCUT2D eigenvalue weighted by molar-refractivity contribution is 7.89. The van der Waals surface area contributed by atoms with Gasteiger partial charge in [0.2, 0.25) is 10.0 Å². The fourth-order valence-corrected chi connectivity index (χ4v) is 2.90. The minimum atomic E-state index is -3.91. The molecule has 0 aliphatic carbocycles. The zero-order chi connectivity index (χ0) is 14.6. The minimum Gasteiger partial charge on any atom is -0.548 e. The summed E-state index contributed by atoms with van der Waals surface area (Å²) in [6.45, 7) is 3.42. The highest BCUT2D eigenvalue weighted by Crippen LogP contribution is 2.16. The van der Waals surface area contributed by atoms with Crippen LogP contribution in [-0.2, 0) is 14.8 Å². The second-order valence-corrected chi connectivity index (χ2v) is 6.41. The highest BCUT2D eigenvalue weighted by atomic mass is 35.5. The Morgan fingerprint density at radius 3 is 2.32 bits per heavy atom. The average Bonchev–Trinajstić information content (AvgIpc) is 2.35. The quantitative estimate of drug-likeness (QED) is 0.841. The largest absolute Gasteiger partial charge is 0.548 e. The molecule has 0 radical (unpaired) electrons. The van der Waals surface area contributed by atoms with Crippen molar-refractivity contribution in [3.63, 3.8) is 0 Å². The number of benzene rings is 1. The molecule has 0 unspecified atom stereocenters. The standard InChI is InChI=1S/C12H16ClNO4S/c1-3-8(2)11(12(15)16)14-19(17,18)10-6-4-9(13)5-7-10/h4-8,11,14H,3H2,1-2H3,(H,15,16)/p-1/t8-,11-/m0/s1. The van der Waals surface area contributed by atoms with Crippen LogP contribution in [0.5, 0.6) is 0 Å². The van der Waals surface area contributed by atoms with Crippen LogP contribution >= 0.6 is 11.6 Å². The van der Waals surface area contributed by atoms with Gasteiger partial charge in [0.05, 0.1) is 16.9 Å². The molecule has 0 fully saturated rings. The number of carboxylic acid groups (broad SMARTS) is 1. The predicted octanol–water partition coefficient (Wildman–Crippen LogP) is 0.783. The molecule has 0 saturated carbocycles. The number of sulfonamides is 1. The molecule has 106 valence electrons. The third-order valence-corrected chi connectivity index (χ3v) is 4.58. The Kier molecular flexibility index (Phi) is 5.34. The summed E-state index contributed by atoms with van der Waals surface area (Å²) in [5, 5.41) is 11.4. The van der Waals surface area contributed by atoms with E-state index in [-0.39, 0.29) is 10.8 Å². The molecule has 0 bridgehead atoms. The lowest BCUT2D eigenvalue weighted by molar-refractivity contribution is -0.309. The van der Waals surface area contributed by atoms with Crippen molar-refractivity contribution >= 4 is 27.6 Å². The molecule has 2 atom stereocenters. The monoisotopic (exact) mass is 304 g/mol. The van der Waals surface area contributed by atoms with Crippen molar-refractivity contribution in [2.75, 3.05) is 0 Å². The molecule has 1 aromatic rings. The van der Waals surface area contributed by atoms with Crippen molar-refractivity contribution < 1.29 is 18.3 Å². The molecule has 0 heterocycles. The van der Waals surface area contributed by atoms with Gasteiger partial charge in [0.15, 0.2) is 0 Å². The predicted molar refractivity (Wildman–Crippen MR) is 70.0 cm³/mol. The van der Waals surface area contributed by atoms with Crippen molar-refractivity contribution in [3.05, 3.63) is 29.3 Å². The SMILES string of the molecule is CC[C@H](C)[C@H](NS(=O)(=O)c1ccc(Cl)cc1)C(=O)[O-]. The van der Waals surface area contributed by atoms with E-state index in [0.29, 0.717) is 11.4 Å². The van der Waals surface area contributed by atoms with Gasteiger partial charge in [-0.2, -0.15) is 0 Å². The molecule has 0 aliphatic rings. The third kappa shape index (κ3) is 4.19. The summed E-state index contributed by atoms with van der Waals surface area (Å²) in [6.07, 6.45) is 0.516. The summed E-state index contributed by atoms with van der Waals surface area (Å²) in [7, 11) is -3.91. The van der Waals surface area contributed by atoms with Crippen LogP contribution in [0.1, 0.15) is 20.3 Å². The molecule has 1 aromatic carbocycles. The zero-order valence-electron chi connectivity index (χ0n) is 10.6. The van der Waals surface area contributed by atoms with Crippen LogP contribution in [0.3, 0.4) is 0 Å². The first-order chi connectivity index (χ1) is 8.77. The molecule has 5 nitrogen and oxygen atoms in total. The molecule has 7 heteroatoms. The van der Waals surface area contributed by atoms with Crippen molar-refractivity contribution in [1.29, 1.82) is 0 Å². The van der Waals surface area contributed by atoms with Crippen molar-refractivity contribution in [2.45, 2.75) is 31.2 Å². The van der Waals surface area contributed by atoms with Gasteiger partial charge >= 0.3 is 0 Å². The summed E-state index contributed by atoms with van der Waals surface area (Å²) in [4.78, 5) is 11.0. The Hall–Kier alpha value is -1.11. The van der Waals surface area contributed by atoms with E-state index in [9.17, 15) is 18.3 Å². The number of rotatable bonds is 6. The Bertz CT molecular complexity index is 541. The van der Waals surface area contributed by atoms with Crippen LogP contribution < -0.4 is 9.83 Å². The Balaban J connectivity index is 3.00. The first-order valence-corrected chi connectivity index (χ1v) is 7.62. The normalized spacial score (nSPS) is 14.9. The van der Waals surface area contributed by atoms with E-state index < -0.39 is 22.0 Å². The van der Waals surface area contributed by atoms with Crippen molar-refractivity contribution in [1.82, 2.24) is 4.72 Å². The van der Waals surface area contributed by atoms with E-state index in [1.54, 1.807) is 13.8 Å². The van der Waals surface area contributed by atoms with Gasteiger partial charge in [-0.15, -0.1) is 0 Å². The Morgan fingerprint density at radius 2 is 1.89 bits per heavy atom. The van der Waals surface area contributed by atoms with E-state index in [1.165, 1.54) is 24.3 Å². The lowest BCUT2D eigenvalue weighted by Gasteiger charge is -2.24. The summed E-state index contributed by atoms with van der Waals surface area (Å²) in [5.74, 6) is -1.81. The van der Waals surface area contributed by atoms with Gasteiger partial charge in [-0.3, -0.25) is 0 Å².